The zero-order chi connectivity index (χ0) is 13.1. The molecule has 0 saturated carbocycles. The van der Waals surface area contributed by atoms with Gasteiger partial charge < -0.3 is 10.6 Å². The van der Waals surface area contributed by atoms with E-state index in [-0.39, 0.29) is 0 Å². The first-order valence-electron chi connectivity index (χ1n) is 7.70. The lowest BCUT2D eigenvalue weighted by Crippen LogP contribution is -2.45. The standard InChI is InChI=1S/C15H24N4/c16-10-13-7-4-5-9-19(13)15-17-11-12-6-2-1-3-8-14(12)18-15/h11,13H,1-10,16H2. The van der Waals surface area contributed by atoms with Gasteiger partial charge in [0.15, 0.2) is 0 Å². The van der Waals surface area contributed by atoms with Crippen molar-refractivity contribution in [2.75, 3.05) is 18.0 Å². The van der Waals surface area contributed by atoms with Gasteiger partial charge in [-0.25, -0.2) is 9.97 Å². The Hall–Kier alpha value is -1.16. The number of piperidine rings is 1. The first-order valence-corrected chi connectivity index (χ1v) is 7.70. The van der Waals surface area contributed by atoms with Gasteiger partial charge >= 0.3 is 0 Å². The summed E-state index contributed by atoms with van der Waals surface area (Å²) in [6.07, 6.45) is 11.9. The fourth-order valence-electron chi connectivity index (χ4n) is 3.29. The summed E-state index contributed by atoms with van der Waals surface area (Å²) in [5.41, 5.74) is 8.54. The number of aromatic nitrogens is 2. The maximum Gasteiger partial charge on any atom is 0.225 e. The van der Waals surface area contributed by atoms with Crippen LogP contribution in [0.4, 0.5) is 5.95 Å². The van der Waals surface area contributed by atoms with Crippen molar-refractivity contribution in [1.82, 2.24) is 9.97 Å². The van der Waals surface area contributed by atoms with E-state index < -0.39 is 0 Å². The van der Waals surface area contributed by atoms with Crippen molar-refractivity contribution in [2.45, 2.75) is 57.4 Å². The predicted octanol–water partition coefficient (Wildman–Crippen LogP) is 2.06. The highest BCUT2D eigenvalue weighted by Crippen LogP contribution is 2.24. The van der Waals surface area contributed by atoms with Gasteiger partial charge in [0.05, 0.1) is 0 Å². The molecule has 1 atom stereocenters. The minimum absolute atomic E-state index is 0.428. The van der Waals surface area contributed by atoms with Crippen LogP contribution in [-0.4, -0.2) is 29.1 Å². The molecule has 0 amide bonds. The maximum atomic E-state index is 5.90. The Balaban J connectivity index is 1.86. The first kappa shape index (κ1) is 12.9. The average Bonchev–Trinajstić information content (AvgIpc) is 2.71. The third-order valence-electron chi connectivity index (χ3n) is 4.46. The molecule has 2 heterocycles. The molecule has 1 fully saturated rings. The Morgan fingerprint density at radius 1 is 1.16 bits per heavy atom. The van der Waals surface area contributed by atoms with E-state index in [9.17, 15) is 0 Å². The fourth-order valence-corrected chi connectivity index (χ4v) is 3.29. The number of hydrogen-bond donors (Lipinski definition) is 1. The van der Waals surface area contributed by atoms with Crippen LogP contribution in [0.5, 0.6) is 0 Å². The van der Waals surface area contributed by atoms with E-state index in [4.69, 9.17) is 10.7 Å². The van der Waals surface area contributed by atoms with Crippen molar-refractivity contribution in [3.63, 3.8) is 0 Å². The number of nitrogens with two attached hydrogens (primary N) is 1. The molecule has 1 aromatic rings. The Bertz CT molecular complexity index is 432. The highest BCUT2D eigenvalue weighted by molar-refractivity contribution is 5.36. The van der Waals surface area contributed by atoms with E-state index in [0.717, 1.165) is 25.3 Å². The van der Waals surface area contributed by atoms with E-state index in [1.54, 1.807) is 0 Å². The second-order valence-corrected chi connectivity index (χ2v) is 5.78. The van der Waals surface area contributed by atoms with E-state index in [1.807, 2.05) is 0 Å². The zero-order valence-electron chi connectivity index (χ0n) is 11.6. The molecule has 1 saturated heterocycles. The molecule has 0 spiro atoms. The van der Waals surface area contributed by atoms with Crippen LogP contribution in [0.2, 0.25) is 0 Å². The molecular formula is C15H24N4. The van der Waals surface area contributed by atoms with Gasteiger partial charge in [-0.05, 0) is 50.5 Å². The van der Waals surface area contributed by atoms with Crippen LogP contribution in [0.15, 0.2) is 6.20 Å². The molecule has 4 nitrogen and oxygen atoms in total. The quantitative estimate of drug-likeness (QED) is 0.827. The van der Waals surface area contributed by atoms with Gasteiger partial charge in [0.25, 0.3) is 0 Å². The molecule has 2 aliphatic rings. The topological polar surface area (TPSA) is 55.0 Å². The summed E-state index contributed by atoms with van der Waals surface area (Å²) in [6, 6.07) is 0.428. The molecular weight excluding hydrogens is 236 g/mol. The summed E-state index contributed by atoms with van der Waals surface area (Å²) in [4.78, 5) is 11.8. The lowest BCUT2D eigenvalue weighted by Gasteiger charge is -2.35. The van der Waals surface area contributed by atoms with Crippen molar-refractivity contribution in [1.29, 1.82) is 0 Å². The predicted molar refractivity (Wildman–Crippen MR) is 77.3 cm³/mol. The van der Waals surface area contributed by atoms with Gasteiger partial charge in [-0.3, -0.25) is 0 Å². The first-order chi connectivity index (χ1) is 9.38. The Morgan fingerprint density at radius 2 is 2.05 bits per heavy atom. The third-order valence-corrected chi connectivity index (χ3v) is 4.46. The SMILES string of the molecule is NCC1CCCCN1c1ncc2c(n1)CCCCC2. The highest BCUT2D eigenvalue weighted by atomic mass is 15.3. The highest BCUT2D eigenvalue weighted by Gasteiger charge is 2.24. The molecule has 4 heteroatoms. The zero-order valence-corrected chi connectivity index (χ0v) is 11.6. The van der Waals surface area contributed by atoms with Gasteiger partial charge in [-0.15, -0.1) is 0 Å². The molecule has 0 radical (unpaired) electrons. The summed E-state index contributed by atoms with van der Waals surface area (Å²) in [7, 11) is 0. The lowest BCUT2D eigenvalue weighted by molar-refractivity contribution is 0.457. The second-order valence-electron chi connectivity index (χ2n) is 5.78. The van der Waals surface area contributed by atoms with E-state index in [0.29, 0.717) is 12.6 Å². The average molecular weight is 260 g/mol. The molecule has 0 bridgehead atoms. The summed E-state index contributed by atoms with van der Waals surface area (Å²) < 4.78 is 0. The van der Waals surface area contributed by atoms with Crippen molar-refractivity contribution in [2.24, 2.45) is 5.73 Å². The molecule has 104 valence electrons. The van der Waals surface area contributed by atoms with E-state index in [2.05, 4.69) is 16.1 Å². The van der Waals surface area contributed by atoms with Crippen LogP contribution in [0.25, 0.3) is 0 Å². The minimum atomic E-state index is 0.428. The van der Waals surface area contributed by atoms with E-state index >= 15 is 0 Å². The maximum absolute atomic E-state index is 5.90. The lowest BCUT2D eigenvalue weighted by atomic mass is 10.0. The Labute approximate surface area is 115 Å². The number of aryl methyl sites for hydroxylation is 2. The normalized spacial score (nSPS) is 23.8. The summed E-state index contributed by atoms with van der Waals surface area (Å²) >= 11 is 0. The molecule has 1 unspecified atom stereocenters. The number of hydrogen-bond acceptors (Lipinski definition) is 4. The largest absolute Gasteiger partial charge is 0.337 e. The molecule has 1 aliphatic heterocycles. The number of rotatable bonds is 2. The number of anilines is 1. The second kappa shape index (κ2) is 5.87. The molecule has 3 rings (SSSR count). The number of fused-ring (bicyclic) bond motifs is 1. The van der Waals surface area contributed by atoms with Gasteiger partial charge in [0, 0.05) is 31.0 Å². The molecule has 19 heavy (non-hydrogen) atoms. The molecule has 2 N–H and O–H groups in total. The number of nitrogens with zero attached hydrogens (tertiary/aromatic N) is 3. The Kier molecular flexibility index (Phi) is 3.97. The van der Waals surface area contributed by atoms with Crippen LogP contribution in [-0.2, 0) is 12.8 Å². The van der Waals surface area contributed by atoms with Crippen molar-refractivity contribution in [3.05, 3.63) is 17.5 Å². The van der Waals surface area contributed by atoms with Crippen molar-refractivity contribution in [3.8, 4) is 0 Å². The van der Waals surface area contributed by atoms with Crippen LogP contribution < -0.4 is 10.6 Å². The monoisotopic (exact) mass is 260 g/mol. The summed E-state index contributed by atoms with van der Waals surface area (Å²) in [5, 5.41) is 0. The van der Waals surface area contributed by atoms with Crippen molar-refractivity contribution < 1.29 is 0 Å². The minimum Gasteiger partial charge on any atom is -0.337 e. The van der Waals surface area contributed by atoms with E-state index in [1.165, 1.54) is 49.8 Å². The van der Waals surface area contributed by atoms with Crippen LogP contribution in [0, 0.1) is 0 Å². The Morgan fingerprint density at radius 3 is 2.95 bits per heavy atom. The van der Waals surface area contributed by atoms with Crippen LogP contribution >= 0.6 is 0 Å². The van der Waals surface area contributed by atoms with Crippen LogP contribution in [0.3, 0.4) is 0 Å². The van der Waals surface area contributed by atoms with Gasteiger partial charge in [0.2, 0.25) is 5.95 Å². The van der Waals surface area contributed by atoms with Gasteiger partial charge in [-0.1, -0.05) is 6.42 Å². The molecule has 1 aliphatic carbocycles. The smallest absolute Gasteiger partial charge is 0.225 e. The third kappa shape index (κ3) is 2.73. The fraction of sp³-hybridized carbons (Fsp3) is 0.733. The summed E-state index contributed by atoms with van der Waals surface area (Å²) in [6.45, 7) is 1.76. The molecule has 0 aromatic carbocycles. The summed E-state index contributed by atoms with van der Waals surface area (Å²) in [5.74, 6) is 0.913. The van der Waals surface area contributed by atoms with Gasteiger partial charge in [-0.2, -0.15) is 0 Å². The van der Waals surface area contributed by atoms with Gasteiger partial charge in [0.1, 0.15) is 0 Å². The van der Waals surface area contributed by atoms with Crippen LogP contribution in [0.1, 0.15) is 49.8 Å². The molecule has 1 aromatic heterocycles. The van der Waals surface area contributed by atoms with Crippen molar-refractivity contribution >= 4 is 5.95 Å².